The number of ether oxygens (including phenoxy) is 1. The van der Waals surface area contributed by atoms with Crippen molar-refractivity contribution in [2.75, 3.05) is 7.11 Å². The fourth-order valence-electron chi connectivity index (χ4n) is 1.05. The number of hydrogen-bond donors (Lipinski definition) is 0. The van der Waals surface area contributed by atoms with Crippen LogP contribution in [0.3, 0.4) is 0 Å². The second-order valence-corrected chi connectivity index (χ2v) is 3.66. The van der Waals surface area contributed by atoms with Gasteiger partial charge in [0.25, 0.3) is 6.43 Å². The molecule has 0 N–H and O–H groups in total. The predicted molar refractivity (Wildman–Crippen MR) is 46.5 cm³/mol. The number of alkyl halides is 2. The fourth-order valence-corrected chi connectivity index (χ4v) is 1.90. The highest BCUT2D eigenvalue weighted by Gasteiger charge is 2.14. The van der Waals surface area contributed by atoms with Gasteiger partial charge in [0.1, 0.15) is 10.7 Å². The number of fused-ring (bicyclic) bond motifs is 1. The van der Waals surface area contributed by atoms with E-state index in [0.717, 1.165) is 5.01 Å². The summed E-state index contributed by atoms with van der Waals surface area (Å²) in [5.74, 6) is 0. The molecule has 0 saturated carbocycles. The molecule has 0 radical (unpaired) electrons. The van der Waals surface area contributed by atoms with Crippen LogP contribution in [0.5, 0.6) is 0 Å². The Morgan fingerprint density at radius 3 is 3.00 bits per heavy atom. The maximum Gasteiger partial charge on any atom is 0.282 e. The third kappa shape index (κ3) is 1.60. The molecule has 0 aromatic carbocycles. The summed E-state index contributed by atoms with van der Waals surface area (Å²) in [4.78, 5) is 4.19. The molecule has 14 heavy (non-hydrogen) atoms. The predicted octanol–water partition coefficient (Wildman–Crippen LogP) is 1.87. The third-order valence-corrected chi connectivity index (χ3v) is 2.49. The first-order chi connectivity index (χ1) is 6.70. The Bertz CT molecular complexity index is 407. The van der Waals surface area contributed by atoms with E-state index in [0.29, 0.717) is 11.6 Å². The summed E-state index contributed by atoms with van der Waals surface area (Å²) in [6, 6.07) is 0. The van der Waals surface area contributed by atoms with Gasteiger partial charge in [-0.2, -0.15) is 5.10 Å². The van der Waals surface area contributed by atoms with Crippen LogP contribution in [0.4, 0.5) is 8.78 Å². The molecule has 0 aliphatic carbocycles. The van der Waals surface area contributed by atoms with Crippen molar-refractivity contribution in [3.05, 3.63) is 16.9 Å². The van der Waals surface area contributed by atoms with Crippen molar-refractivity contribution in [2.45, 2.75) is 13.0 Å². The largest absolute Gasteiger partial charge is 0.377 e. The molecule has 0 fully saturated rings. The first kappa shape index (κ1) is 9.47. The van der Waals surface area contributed by atoms with E-state index in [9.17, 15) is 8.78 Å². The van der Waals surface area contributed by atoms with E-state index in [4.69, 9.17) is 4.74 Å². The van der Waals surface area contributed by atoms with Crippen LogP contribution in [-0.4, -0.2) is 21.7 Å². The first-order valence-electron chi connectivity index (χ1n) is 3.83. The lowest BCUT2D eigenvalue weighted by molar-refractivity contribution is 0.146. The van der Waals surface area contributed by atoms with Gasteiger partial charge in [0.05, 0.1) is 12.8 Å². The highest BCUT2D eigenvalue weighted by molar-refractivity contribution is 7.16. The molecule has 0 bridgehead atoms. The molecule has 0 aliphatic rings. The Morgan fingerprint density at radius 2 is 2.43 bits per heavy atom. The number of hydrogen-bond acceptors (Lipinski definition) is 4. The van der Waals surface area contributed by atoms with E-state index >= 15 is 0 Å². The Balaban J connectivity index is 2.35. The van der Waals surface area contributed by atoms with Gasteiger partial charge in [-0.25, -0.2) is 18.3 Å². The Labute approximate surface area is 82.1 Å². The number of nitrogens with zero attached hydrogens (tertiary/aromatic N) is 3. The van der Waals surface area contributed by atoms with Gasteiger partial charge in [0.2, 0.25) is 4.96 Å². The van der Waals surface area contributed by atoms with Crippen LogP contribution in [0.1, 0.15) is 17.1 Å². The van der Waals surface area contributed by atoms with Gasteiger partial charge in [0.15, 0.2) is 0 Å². The van der Waals surface area contributed by atoms with Gasteiger partial charge >= 0.3 is 0 Å². The van der Waals surface area contributed by atoms with Gasteiger partial charge in [-0.15, -0.1) is 0 Å². The smallest absolute Gasteiger partial charge is 0.282 e. The van der Waals surface area contributed by atoms with Crippen molar-refractivity contribution in [3.8, 4) is 0 Å². The molecule has 0 amide bonds. The van der Waals surface area contributed by atoms with Crippen LogP contribution in [0, 0.1) is 0 Å². The molecular weight excluding hydrogens is 212 g/mol. The van der Waals surface area contributed by atoms with E-state index in [2.05, 4.69) is 10.1 Å². The number of imidazole rings is 1. The average Bonchev–Trinajstić information content (AvgIpc) is 2.61. The van der Waals surface area contributed by atoms with Crippen LogP contribution in [0.2, 0.25) is 0 Å². The van der Waals surface area contributed by atoms with Crippen molar-refractivity contribution in [1.29, 1.82) is 0 Å². The lowest BCUT2D eigenvalue weighted by Crippen LogP contribution is -1.89. The first-order valence-corrected chi connectivity index (χ1v) is 4.64. The summed E-state index contributed by atoms with van der Waals surface area (Å²) < 4.78 is 30.6. The summed E-state index contributed by atoms with van der Waals surface area (Å²) in [6.45, 7) is 0.373. The summed E-state index contributed by atoms with van der Waals surface area (Å²) in [5.41, 5.74) is -0.243. The second kappa shape index (κ2) is 3.58. The van der Waals surface area contributed by atoms with Crippen LogP contribution in [-0.2, 0) is 11.3 Å². The zero-order valence-electron chi connectivity index (χ0n) is 7.28. The van der Waals surface area contributed by atoms with Crippen molar-refractivity contribution in [2.24, 2.45) is 0 Å². The molecule has 2 rings (SSSR count). The van der Waals surface area contributed by atoms with E-state index in [1.807, 2.05) is 0 Å². The molecule has 0 aliphatic heterocycles. The summed E-state index contributed by atoms with van der Waals surface area (Å²) >= 11 is 1.24. The van der Waals surface area contributed by atoms with Crippen molar-refractivity contribution < 1.29 is 13.5 Å². The van der Waals surface area contributed by atoms with Gasteiger partial charge in [0, 0.05) is 7.11 Å². The number of aromatic nitrogens is 3. The van der Waals surface area contributed by atoms with Crippen molar-refractivity contribution in [1.82, 2.24) is 14.6 Å². The van der Waals surface area contributed by atoms with Crippen LogP contribution >= 0.6 is 11.3 Å². The highest BCUT2D eigenvalue weighted by atomic mass is 32.1. The molecule has 0 saturated heterocycles. The van der Waals surface area contributed by atoms with Gasteiger partial charge < -0.3 is 4.74 Å². The molecular formula is C7H7F2N3OS. The highest BCUT2D eigenvalue weighted by Crippen LogP contribution is 2.21. The van der Waals surface area contributed by atoms with Gasteiger partial charge in [-0.05, 0) is 0 Å². The van der Waals surface area contributed by atoms with Crippen LogP contribution in [0.15, 0.2) is 6.20 Å². The van der Waals surface area contributed by atoms with Crippen molar-refractivity contribution in [3.63, 3.8) is 0 Å². The quantitative estimate of drug-likeness (QED) is 0.791. The maximum absolute atomic E-state index is 12.2. The molecule has 4 nitrogen and oxygen atoms in total. The minimum atomic E-state index is -2.55. The zero-order valence-corrected chi connectivity index (χ0v) is 8.09. The molecule has 2 heterocycles. The summed E-state index contributed by atoms with van der Waals surface area (Å²) in [6.07, 6.45) is -1.31. The lowest BCUT2D eigenvalue weighted by atomic mass is 10.5. The fraction of sp³-hybridized carbons (Fsp3) is 0.429. The minimum Gasteiger partial charge on any atom is -0.377 e. The lowest BCUT2D eigenvalue weighted by Gasteiger charge is -1.90. The van der Waals surface area contributed by atoms with Crippen LogP contribution < -0.4 is 0 Å². The summed E-state index contributed by atoms with van der Waals surface area (Å²) in [5, 5.41) is 4.74. The third-order valence-electron chi connectivity index (χ3n) is 1.60. The number of halogens is 2. The molecule has 7 heteroatoms. The maximum atomic E-state index is 12.2. The van der Waals surface area contributed by atoms with Gasteiger partial charge in [-0.1, -0.05) is 11.3 Å². The van der Waals surface area contributed by atoms with Crippen LogP contribution in [0.25, 0.3) is 4.96 Å². The Kier molecular flexibility index (Phi) is 2.42. The van der Waals surface area contributed by atoms with Crippen molar-refractivity contribution >= 4 is 16.3 Å². The second-order valence-electron chi connectivity index (χ2n) is 2.62. The molecule has 76 valence electrons. The average molecular weight is 219 g/mol. The van der Waals surface area contributed by atoms with E-state index < -0.39 is 6.43 Å². The Hall–Kier alpha value is -1.08. The number of rotatable bonds is 3. The van der Waals surface area contributed by atoms with E-state index in [-0.39, 0.29) is 5.69 Å². The van der Waals surface area contributed by atoms with E-state index in [1.165, 1.54) is 22.0 Å². The molecule has 0 spiro atoms. The summed E-state index contributed by atoms with van der Waals surface area (Å²) in [7, 11) is 1.55. The topological polar surface area (TPSA) is 39.4 Å². The standard InChI is InChI=1S/C7H7F2N3OS/c1-13-3-5-11-12-2-4(6(8)9)10-7(12)14-5/h2,6H,3H2,1H3. The molecule has 0 unspecified atom stereocenters. The minimum absolute atomic E-state index is 0.243. The monoisotopic (exact) mass is 219 g/mol. The number of methoxy groups -OCH3 is 1. The zero-order chi connectivity index (χ0) is 10.1. The van der Waals surface area contributed by atoms with E-state index in [1.54, 1.807) is 7.11 Å². The SMILES string of the molecule is COCc1nn2cc(C(F)F)nc2s1. The molecule has 0 atom stereocenters. The molecule has 2 aromatic heterocycles. The normalized spacial score (nSPS) is 11.7. The Morgan fingerprint density at radius 1 is 1.64 bits per heavy atom. The molecule has 2 aromatic rings. The van der Waals surface area contributed by atoms with Gasteiger partial charge in [-0.3, -0.25) is 0 Å².